The molecule has 2 aliphatic heterocycles. The summed E-state index contributed by atoms with van der Waals surface area (Å²) in [6.45, 7) is 11.1. The number of rotatable bonds is 7. The predicted molar refractivity (Wildman–Crippen MR) is 183 cm³/mol. The number of para-hydroxylation sites is 1. The number of ether oxygens (including phenoxy) is 1. The van der Waals surface area contributed by atoms with Crippen molar-refractivity contribution in [1.82, 2.24) is 34.4 Å². The summed E-state index contributed by atoms with van der Waals surface area (Å²) in [4.78, 5) is 29.0. The minimum absolute atomic E-state index is 0.122. The zero-order chi connectivity index (χ0) is 34.2. The van der Waals surface area contributed by atoms with E-state index in [1.54, 1.807) is 33.8 Å². The molecule has 48 heavy (non-hydrogen) atoms. The largest absolute Gasteiger partial charge is 0.457 e. The van der Waals surface area contributed by atoms with E-state index in [0.29, 0.717) is 60.2 Å². The molecule has 12 heteroatoms. The van der Waals surface area contributed by atoms with Crippen molar-refractivity contribution in [3.63, 3.8) is 0 Å². The molecule has 2 fully saturated rings. The van der Waals surface area contributed by atoms with Crippen molar-refractivity contribution in [2.45, 2.75) is 64.2 Å². The molecule has 2 aromatic heterocycles. The summed E-state index contributed by atoms with van der Waals surface area (Å²) < 4.78 is 23.2. The highest BCUT2D eigenvalue weighted by molar-refractivity contribution is 5.99. The molecule has 4 heterocycles. The van der Waals surface area contributed by atoms with Crippen molar-refractivity contribution in [3.05, 3.63) is 72.3 Å². The number of halogens is 1. The third-order valence-electron chi connectivity index (χ3n) is 9.61. The molecule has 0 spiro atoms. The fourth-order valence-corrected chi connectivity index (χ4v) is 7.00. The van der Waals surface area contributed by atoms with Gasteiger partial charge in [0.25, 0.3) is 5.91 Å². The number of nitriles is 1. The van der Waals surface area contributed by atoms with Crippen molar-refractivity contribution in [1.29, 1.82) is 5.26 Å². The van der Waals surface area contributed by atoms with Gasteiger partial charge in [0.15, 0.2) is 5.65 Å². The summed E-state index contributed by atoms with van der Waals surface area (Å²) in [7, 11) is 2.12. The lowest BCUT2D eigenvalue weighted by atomic mass is 9.93. The predicted octanol–water partition coefficient (Wildman–Crippen LogP) is 5.42. The molecule has 0 radical (unpaired) electrons. The normalized spacial score (nSPS) is 21.3. The monoisotopic (exact) mass is 651 g/mol. The second-order valence-corrected chi connectivity index (χ2v) is 13.5. The van der Waals surface area contributed by atoms with Gasteiger partial charge in [0.05, 0.1) is 11.4 Å². The van der Waals surface area contributed by atoms with Crippen LogP contribution in [0.3, 0.4) is 0 Å². The zero-order valence-corrected chi connectivity index (χ0v) is 28.1. The van der Waals surface area contributed by atoms with Crippen molar-refractivity contribution >= 4 is 22.8 Å². The standard InChI is InChI=1S/C36H42FN9O2/c1-23-20-45(24(2)19-43(23)5)36(3,4)17-25(18-38)35(47)44-15-9-10-26(21-44)46-34-31(33(39)40-22-41-34)32(42-46)29-14-13-28(16-30(29)37)48-27-11-7-6-8-12-27/h6-8,11-14,16-17,22-24,26H,9-10,15,19-21H2,1-5H3,(H2,39,40,41)/b25-17-/t23-,24+,26-/m0/s1. The molecule has 250 valence electrons. The van der Waals surface area contributed by atoms with Gasteiger partial charge in [-0.2, -0.15) is 10.4 Å². The van der Waals surface area contributed by atoms with Gasteiger partial charge in [-0.15, -0.1) is 0 Å². The number of carbonyl (C=O) groups is 1. The molecule has 1 amide bonds. The van der Waals surface area contributed by atoms with E-state index in [4.69, 9.17) is 15.6 Å². The number of piperazine rings is 1. The Balaban J connectivity index is 1.27. The van der Waals surface area contributed by atoms with Crippen molar-refractivity contribution < 1.29 is 13.9 Å². The maximum absolute atomic E-state index is 15.7. The van der Waals surface area contributed by atoms with Crippen LogP contribution in [0.2, 0.25) is 0 Å². The van der Waals surface area contributed by atoms with E-state index in [-0.39, 0.29) is 34.9 Å². The Hall–Kier alpha value is -4.86. The summed E-state index contributed by atoms with van der Waals surface area (Å²) >= 11 is 0. The van der Waals surface area contributed by atoms with Gasteiger partial charge >= 0.3 is 0 Å². The van der Waals surface area contributed by atoms with Gasteiger partial charge in [0, 0.05) is 55.4 Å². The SMILES string of the molecule is C[C@@H]1CN(C)[C@@H](C)CN1C(C)(C)/C=C(/C#N)C(=O)N1CCC[C@H](n2nc(-c3ccc(Oc4ccccc4)cc3F)c3c(N)ncnc32)C1. The van der Waals surface area contributed by atoms with E-state index >= 15 is 4.39 Å². The Morgan fingerprint density at radius 3 is 2.58 bits per heavy atom. The van der Waals surface area contributed by atoms with Gasteiger partial charge in [-0.3, -0.25) is 9.69 Å². The van der Waals surface area contributed by atoms with Gasteiger partial charge in [0.1, 0.15) is 46.8 Å². The average molecular weight is 652 g/mol. The number of nitrogens with zero attached hydrogens (tertiary/aromatic N) is 8. The quantitative estimate of drug-likeness (QED) is 0.206. The van der Waals surface area contributed by atoms with Crippen molar-refractivity contribution in [3.8, 4) is 28.8 Å². The lowest BCUT2D eigenvalue weighted by Crippen LogP contribution is -2.61. The number of aromatic nitrogens is 4. The molecule has 4 aromatic rings. The van der Waals surface area contributed by atoms with Crippen LogP contribution >= 0.6 is 0 Å². The van der Waals surface area contributed by atoms with Crippen LogP contribution in [0.5, 0.6) is 11.5 Å². The van der Waals surface area contributed by atoms with Crippen molar-refractivity contribution in [2.75, 3.05) is 39.0 Å². The first-order chi connectivity index (χ1) is 23.0. The van der Waals surface area contributed by atoms with Gasteiger partial charge in [-0.25, -0.2) is 19.0 Å². The number of fused-ring (bicyclic) bond motifs is 1. The fraction of sp³-hybridized carbons (Fsp3) is 0.417. The van der Waals surface area contributed by atoms with Crippen LogP contribution in [0.25, 0.3) is 22.3 Å². The number of benzene rings is 2. The molecule has 6 rings (SSSR count). The van der Waals surface area contributed by atoms with Gasteiger partial charge in [-0.05, 0) is 77.9 Å². The third-order valence-corrected chi connectivity index (χ3v) is 9.61. The minimum atomic E-state index is -0.533. The number of likely N-dealkylation sites (tertiary alicyclic amines) is 1. The topological polar surface area (TPSA) is 129 Å². The number of anilines is 1. The van der Waals surface area contributed by atoms with Crippen LogP contribution in [-0.4, -0.2) is 91.2 Å². The van der Waals surface area contributed by atoms with Crippen LogP contribution in [0, 0.1) is 17.1 Å². The van der Waals surface area contributed by atoms with Crippen LogP contribution in [0.15, 0.2) is 66.5 Å². The Morgan fingerprint density at radius 2 is 1.85 bits per heavy atom. The molecule has 0 aliphatic carbocycles. The third kappa shape index (κ3) is 6.48. The van der Waals surface area contributed by atoms with E-state index in [2.05, 4.69) is 60.6 Å². The molecule has 11 nitrogen and oxygen atoms in total. The summed E-state index contributed by atoms with van der Waals surface area (Å²) in [6.07, 6.45) is 4.58. The van der Waals surface area contributed by atoms with E-state index in [0.717, 1.165) is 13.1 Å². The van der Waals surface area contributed by atoms with Crippen molar-refractivity contribution in [2.24, 2.45) is 0 Å². The second kappa shape index (κ2) is 13.3. The fourth-order valence-electron chi connectivity index (χ4n) is 7.00. The van der Waals surface area contributed by atoms with Crippen LogP contribution in [-0.2, 0) is 4.79 Å². The molecule has 0 unspecified atom stereocenters. The van der Waals surface area contributed by atoms with Gasteiger partial charge in [0.2, 0.25) is 0 Å². The highest BCUT2D eigenvalue weighted by Crippen LogP contribution is 2.37. The summed E-state index contributed by atoms with van der Waals surface area (Å²) in [5.41, 5.74) is 6.95. The summed E-state index contributed by atoms with van der Waals surface area (Å²) in [6, 6.07) is 16.3. The number of nitrogens with two attached hydrogens (primary N) is 1. The molecule has 2 saturated heterocycles. The van der Waals surface area contributed by atoms with E-state index in [9.17, 15) is 10.1 Å². The zero-order valence-electron chi connectivity index (χ0n) is 28.1. The summed E-state index contributed by atoms with van der Waals surface area (Å²) in [5.74, 6) is 0.274. The van der Waals surface area contributed by atoms with Gasteiger partial charge < -0.3 is 20.3 Å². The maximum atomic E-state index is 15.7. The number of amides is 1. The first kappa shape index (κ1) is 33.1. The Kier molecular flexibility index (Phi) is 9.18. The molecule has 2 aromatic carbocycles. The number of hydrogen-bond donors (Lipinski definition) is 1. The molecule has 2 N–H and O–H groups in total. The van der Waals surface area contributed by atoms with E-state index in [1.807, 2.05) is 24.3 Å². The molecule has 0 bridgehead atoms. The van der Waals surface area contributed by atoms with Crippen LogP contribution in [0.1, 0.15) is 46.6 Å². The van der Waals surface area contributed by atoms with E-state index < -0.39 is 11.4 Å². The number of piperidine rings is 1. The smallest absolute Gasteiger partial charge is 0.264 e. The number of carbonyl (C=O) groups excluding carboxylic acids is 1. The highest BCUT2D eigenvalue weighted by Gasteiger charge is 2.37. The average Bonchev–Trinajstić information content (AvgIpc) is 3.46. The van der Waals surface area contributed by atoms with Gasteiger partial charge in [-0.1, -0.05) is 18.2 Å². The number of nitrogen functional groups attached to an aromatic ring is 1. The Morgan fingerprint density at radius 1 is 1.08 bits per heavy atom. The molecule has 3 atom stereocenters. The number of likely N-dealkylation sites (N-methyl/N-ethyl adjacent to an activating group) is 1. The first-order valence-corrected chi connectivity index (χ1v) is 16.4. The minimum Gasteiger partial charge on any atom is -0.457 e. The maximum Gasteiger partial charge on any atom is 0.264 e. The molecule has 2 aliphatic rings. The van der Waals surface area contributed by atoms with Crippen LogP contribution < -0.4 is 10.5 Å². The Labute approximate surface area is 280 Å². The highest BCUT2D eigenvalue weighted by atomic mass is 19.1. The van der Waals surface area contributed by atoms with E-state index in [1.165, 1.54) is 12.4 Å². The van der Waals surface area contributed by atoms with Crippen LogP contribution in [0.4, 0.5) is 10.2 Å². The molecule has 0 saturated carbocycles. The first-order valence-electron chi connectivity index (χ1n) is 16.4. The summed E-state index contributed by atoms with van der Waals surface area (Å²) in [5, 5.41) is 15.5. The lowest BCUT2D eigenvalue weighted by molar-refractivity contribution is -0.128. The Bertz CT molecular complexity index is 1880. The lowest BCUT2D eigenvalue weighted by Gasteiger charge is -2.49. The number of hydrogen-bond acceptors (Lipinski definition) is 9. The molecular formula is C36H42FN9O2. The second-order valence-electron chi connectivity index (χ2n) is 13.5. The molecular weight excluding hydrogens is 609 g/mol.